The van der Waals surface area contributed by atoms with E-state index in [1.807, 2.05) is 0 Å². The summed E-state index contributed by atoms with van der Waals surface area (Å²) in [5, 5.41) is 5.18. The van der Waals surface area contributed by atoms with Gasteiger partial charge >= 0.3 is 0 Å². The van der Waals surface area contributed by atoms with Crippen molar-refractivity contribution >= 4 is 55.7 Å². The summed E-state index contributed by atoms with van der Waals surface area (Å²) in [4.78, 5) is 4.74. The van der Waals surface area contributed by atoms with E-state index in [0.29, 0.717) is 0 Å². The smallest absolute Gasteiger partial charge is 0.0482 e. The van der Waals surface area contributed by atoms with E-state index in [-0.39, 0.29) is 5.41 Å². The molecule has 9 aromatic rings. The maximum Gasteiger partial charge on any atom is 0.0482 e. The van der Waals surface area contributed by atoms with Gasteiger partial charge in [-0.1, -0.05) is 141 Å². The maximum atomic E-state index is 2.45. The van der Waals surface area contributed by atoms with E-state index in [0.717, 1.165) is 34.1 Å². The molecule has 0 unspecified atom stereocenters. The van der Waals surface area contributed by atoms with Crippen LogP contribution in [0.5, 0.6) is 0 Å². The first-order valence-electron chi connectivity index (χ1n) is 19.1. The van der Waals surface area contributed by atoms with Gasteiger partial charge in [0.1, 0.15) is 0 Å². The number of hydrogen-bond donors (Lipinski definition) is 0. The van der Waals surface area contributed by atoms with Crippen LogP contribution < -0.4 is 9.80 Å². The van der Waals surface area contributed by atoms with Gasteiger partial charge in [-0.05, 0) is 134 Å². The van der Waals surface area contributed by atoms with Crippen LogP contribution in [-0.4, -0.2) is 0 Å². The topological polar surface area (TPSA) is 6.48 Å². The summed E-state index contributed by atoms with van der Waals surface area (Å²) in [6.07, 6.45) is 0. The Kier molecular flexibility index (Phi) is 7.85. The minimum Gasteiger partial charge on any atom is -0.310 e. The van der Waals surface area contributed by atoms with Gasteiger partial charge in [0, 0.05) is 39.5 Å². The van der Waals surface area contributed by atoms with Crippen LogP contribution in [0.2, 0.25) is 0 Å². The molecule has 2 heteroatoms. The van der Waals surface area contributed by atoms with Crippen molar-refractivity contribution in [1.29, 1.82) is 0 Å². The van der Waals surface area contributed by atoms with Crippen LogP contribution >= 0.6 is 0 Å². The van der Waals surface area contributed by atoms with E-state index in [1.165, 1.54) is 54.9 Å². The lowest BCUT2D eigenvalue weighted by Gasteiger charge is -2.30. The summed E-state index contributed by atoms with van der Waals surface area (Å²) in [6.45, 7) is 4.74. The molecule has 10 rings (SSSR count). The third-order valence-electron chi connectivity index (χ3n) is 11.4. The average Bonchev–Trinajstić information content (AvgIpc) is 3.46. The predicted octanol–water partition coefficient (Wildman–Crippen LogP) is 14.9. The fourth-order valence-corrected chi connectivity index (χ4v) is 8.63. The fraction of sp³-hybridized carbons (Fsp3) is 0.0566. The van der Waals surface area contributed by atoms with E-state index in [9.17, 15) is 0 Å². The molecule has 55 heavy (non-hydrogen) atoms. The Balaban J connectivity index is 1.10. The predicted molar refractivity (Wildman–Crippen MR) is 234 cm³/mol. The molecule has 2 nitrogen and oxygen atoms in total. The first-order chi connectivity index (χ1) is 27.0. The third kappa shape index (κ3) is 5.66. The molecule has 9 aromatic carbocycles. The van der Waals surface area contributed by atoms with Crippen molar-refractivity contribution < 1.29 is 0 Å². The van der Waals surface area contributed by atoms with Crippen LogP contribution in [0.3, 0.4) is 0 Å². The monoisotopic (exact) mass is 704 g/mol. The minimum atomic E-state index is -0.127. The van der Waals surface area contributed by atoms with Gasteiger partial charge in [-0.15, -0.1) is 0 Å². The molecule has 0 saturated carbocycles. The summed E-state index contributed by atoms with van der Waals surface area (Å²) < 4.78 is 0. The molecule has 0 heterocycles. The average molecular weight is 705 g/mol. The normalized spacial score (nSPS) is 12.7. The van der Waals surface area contributed by atoms with Crippen molar-refractivity contribution in [3.63, 3.8) is 0 Å². The quantitative estimate of drug-likeness (QED) is 0.152. The Labute approximate surface area is 323 Å². The summed E-state index contributed by atoms with van der Waals surface area (Å²) in [6, 6.07) is 75.0. The Morgan fingerprint density at radius 2 is 0.800 bits per heavy atom. The van der Waals surface area contributed by atoms with Gasteiger partial charge in [0.15, 0.2) is 0 Å². The second-order valence-electron chi connectivity index (χ2n) is 15.0. The van der Waals surface area contributed by atoms with Crippen LogP contribution in [0.25, 0.3) is 43.8 Å². The van der Waals surface area contributed by atoms with Crippen molar-refractivity contribution in [2.75, 3.05) is 9.80 Å². The second-order valence-corrected chi connectivity index (χ2v) is 15.0. The summed E-state index contributed by atoms with van der Waals surface area (Å²) in [7, 11) is 0. The number of benzene rings is 9. The van der Waals surface area contributed by atoms with Crippen LogP contribution in [0, 0.1) is 0 Å². The highest BCUT2D eigenvalue weighted by Gasteiger charge is 2.36. The number of anilines is 6. The van der Waals surface area contributed by atoms with Gasteiger partial charge in [0.2, 0.25) is 0 Å². The fourth-order valence-electron chi connectivity index (χ4n) is 8.63. The third-order valence-corrected chi connectivity index (χ3v) is 11.4. The lowest BCUT2D eigenvalue weighted by Crippen LogP contribution is -2.15. The molecule has 0 fully saturated rings. The zero-order valence-corrected chi connectivity index (χ0v) is 31.0. The summed E-state index contributed by atoms with van der Waals surface area (Å²) in [5.41, 5.74) is 14.3. The largest absolute Gasteiger partial charge is 0.310 e. The highest BCUT2D eigenvalue weighted by Crippen LogP contribution is 2.52. The van der Waals surface area contributed by atoms with Gasteiger partial charge in [-0.2, -0.15) is 0 Å². The zero-order chi connectivity index (χ0) is 36.9. The number of para-hydroxylation sites is 2. The van der Waals surface area contributed by atoms with Gasteiger partial charge in [-0.3, -0.25) is 0 Å². The molecule has 0 saturated heterocycles. The van der Waals surface area contributed by atoms with E-state index in [1.54, 1.807) is 0 Å². The lowest BCUT2D eigenvalue weighted by molar-refractivity contribution is 0.661. The summed E-state index contributed by atoms with van der Waals surface area (Å²) in [5.74, 6) is 0. The van der Waals surface area contributed by atoms with Crippen LogP contribution in [0.15, 0.2) is 206 Å². The second kappa shape index (κ2) is 13.2. The molecular formula is C53H40N2. The molecule has 0 atom stereocenters. The van der Waals surface area contributed by atoms with E-state index < -0.39 is 0 Å². The first kappa shape index (κ1) is 32.7. The molecule has 0 aromatic heterocycles. The van der Waals surface area contributed by atoms with Crippen molar-refractivity contribution in [2.45, 2.75) is 19.3 Å². The molecule has 1 aliphatic rings. The van der Waals surface area contributed by atoms with Crippen molar-refractivity contribution in [3.8, 4) is 22.3 Å². The number of nitrogens with zero attached hydrogens (tertiary/aromatic N) is 2. The molecule has 0 N–H and O–H groups in total. The number of fused-ring (bicyclic) bond motifs is 6. The van der Waals surface area contributed by atoms with Gasteiger partial charge in [0.05, 0.1) is 0 Å². The standard InChI is InChI=1S/C53H40N2/c1-53(2)51-32-31-46(35-50(51)49-33-40-26-25-39-17-12-13-24-47(39)48(40)36-52(49)53)55(42-20-10-5-11-21-42)45-23-14-22-44(34-45)54(41-18-8-4-9-19-41)43-29-27-38(28-30-43)37-15-6-3-7-16-37/h3-36H,1-2H3. The van der Waals surface area contributed by atoms with E-state index >= 15 is 0 Å². The zero-order valence-electron chi connectivity index (χ0n) is 31.0. The SMILES string of the molecule is CC1(C)c2ccc(N(c3ccccc3)c3cccc(N(c4ccccc4)c4ccc(-c5ccccc5)cc4)c3)cc2-c2cc3ccc4ccccc4c3cc21. The lowest BCUT2D eigenvalue weighted by atomic mass is 9.81. The molecule has 0 spiro atoms. The molecule has 1 aliphatic carbocycles. The van der Waals surface area contributed by atoms with Crippen LogP contribution in [0.1, 0.15) is 25.0 Å². The highest BCUT2D eigenvalue weighted by molar-refractivity contribution is 6.10. The van der Waals surface area contributed by atoms with Gasteiger partial charge in [0.25, 0.3) is 0 Å². The van der Waals surface area contributed by atoms with Crippen molar-refractivity contribution in [1.82, 2.24) is 0 Å². The Hall–Kier alpha value is -6.90. The summed E-state index contributed by atoms with van der Waals surface area (Å²) >= 11 is 0. The highest BCUT2D eigenvalue weighted by atomic mass is 15.2. The maximum absolute atomic E-state index is 2.45. The molecular weight excluding hydrogens is 665 g/mol. The first-order valence-corrected chi connectivity index (χ1v) is 19.1. The molecule has 0 radical (unpaired) electrons. The molecule has 0 amide bonds. The van der Waals surface area contributed by atoms with Crippen molar-refractivity contribution in [2.24, 2.45) is 0 Å². The Bertz CT molecular complexity index is 2820. The molecule has 0 aliphatic heterocycles. The molecule has 0 bridgehead atoms. The Morgan fingerprint density at radius 3 is 1.49 bits per heavy atom. The van der Waals surface area contributed by atoms with Gasteiger partial charge in [-0.25, -0.2) is 0 Å². The van der Waals surface area contributed by atoms with E-state index in [2.05, 4.69) is 230 Å². The minimum absolute atomic E-state index is 0.127. The molecule has 262 valence electrons. The number of rotatable bonds is 7. The van der Waals surface area contributed by atoms with Crippen molar-refractivity contribution in [3.05, 3.63) is 217 Å². The van der Waals surface area contributed by atoms with Gasteiger partial charge < -0.3 is 9.80 Å². The van der Waals surface area contributed by atoms with Crippen LogP contribution in [0.4, 0.5) is 34.1 Å². The Morgan fingerprint density at radius 1 is 0.309 bits per heavy atom. The van der Waals surface area contributed by atoms with E-state index in [4.69, 9.17) is 0 Å². The van der Waals surface area contributed by atoms with Crippen LogP contribution in [-0.2, 0) is 5.41 Å². The number of hydrogen-bond acceptors (Lipinski definition) is 2.